The minimum absolute atomic E-state index is 0.00209. The van der Waals surface area contributed by atoms with Crippen molar-refractivity contribution in [3.05, 3.63) is 92.2 Å². The molecule has 3 N–H and O–H groups in total. The summed E-state index contributed by atoms with van der Waals surface area (Å²) < 4.78 is 18.2. The molecule has 3 aromatic rings. The molecule has 0 unspecified atom stereocenters. The monoisotopic (exact) mass is 526 g/mol. The van der Waals surface area contributed by atoms with Crippen LogP contribution in [0.15, 0.2) is 70.5 Å². The topological polar surface area (TPSA) is 97.7 Å². The van der Waals surface area contributed by atoms with E-state index in [0.29, 0.717) is 45.5 Å². The summed E-state index contributed by atoms with van der Waals surface area (Å²) in [6, 6.07) is 18.0. The first-order chi connectivity index (χ1) is 15.9. The zero-order valence-electron chi connectivity index (χ0n) is 17.6. The van der Waals surface area contributed by atoms with Gasteiger partial charge in [0.1, 0.15) is 29.7 Å². The molecule has 1 aliphatic heterocycles. The Kier molecular flexibility index (Phi) is 6.68. The van der Waals surface area contributed by atoms with Gasteiger partial charge in [0.05, 0.1) is 17.0 Å². The molecule has 0 saturated heterocycles. The number of nitriles is 1. The van der Waals surface area contributed by atoms with E-state index < -0.39 is 5.92 Å². The van der Waals surface area contributed by atoms with Crippen LogP contribution in [0.25, 0.3) is 0 Å². The third kappa shape index (κ3) is 4.72. The molecule has 3 aromatic carbocycles. The summed E-state index contributed by atoms with van der Waals surface area (Å²) in [5.74, 6) is 1.01. The predicted octanol–water partition coefficient (Wildman–Crippen LogP) is 6.00. The molecule has 8 heteroatoms. The molecule has 6 nitrogen and oxygen atoms in total. The minimum atomic E-state index is -0.500. The van der Waals surface area contributed by atoms with Gasteiger partial charge in [0, 0.05) is 16.7 Å². The molecular formula is C25H20BrClN2O4. The summed E-state index contributed by atoms with van der Waals surface area (Å²) in [4.78, 5) is 0. The highest BCUT2D eigenvalue weighted by molar-refractivity contribution is 9.10. The van der Waals surface area contributed by atoms with Crippen LogP contribution >= 0.6 is 27.5 Å². The van der Waals surface area contributed by atoms with E-state index >= 15 is 0 Å². The zero-order valence-corrected chi connectivity index (χ0v) is 20.0. The first-order valence-electron chi connectivity index (χ1n) is 10.1. The maximum atomic E-state index is 9.86. The summed E-state index contributed by atoms with van der Waals surface area (Å²) >= 11 is 9.56. The van der Waals surface area contributed by atoms with E-state index in [2.05, 4.69) is 22.0 Å². The maximum Gasteiger partial charge on any atom is 0.205 e. The van der Waals surface area contributed by atoms with Gasteiger partial charge in [0.25, 0.3) is 0 Å². The van der Waals surface area contributed by atoms with Crippen LogP contribution in [-0.4, -0.2) is 11.7 Å². The second-order valence-electron chi connectivity index (χ2n) is 7.33. The Morgan fingerprint density at radius 3 is 2.61 bits per heavy atom. The van der Waals surface area contributed by atoms with Gasteiger partial charge in [-0.1, -0.05) is 29.8 Å². The van der Waals surface area contributed by atoms with Gasteiger partial charge in [-0.25, -0.2) is 0 Å². The van der Waals surface area contributed by atoms with Gasteiger partial charge in [0.2, 0.25) is 5.88 Å². The summed E-state index contributed by atoms with van der Waals surface area (Å²) in [7, 11) is 0. The van der Waals surface area contributed by atoms with Gasteiger partial charge >= 0.3 is 0 Å². The van der Waals surface area contributed by atoms with Crippen LogP contribution in [0.4, 0.5) is 0 Å². The number of allylic oxidation sites excluding steroid dienone is 1. The van der Waals surface area contributed by atoms with E-state index in [1.165, 1.54) is 6.07 Å². The van der Waals surface area contributed by atoms with Crippen LogP contribution in [-0.2, 0) is 6.61 Å². The molecule has 0 aliphatic carbocycles. The van der Waals surface area contributed by atoms with Gasteiger partial charge < -0.3 is 25.1 Å². The fourth-order valence-electron chi connectivity index (χ4n) is 3.68. The van der Waals surface area contributed by atoms with E-state index in [9.17, 15) is 10.4 Å². The summed E-state index contributed by atoms with van der Waals surface area (Å²) in [6.07, 6.45) is 0. The van der Waals surface area contributed by atoms with E-state index in [1.54, 1.807) is 12.1 Å². The van der Waals surface area contributed by atoms with Crippen LogP contribution in [0.1, 0.15) is 29.5 Å². The van der Waals surface area contributed by atoms with Gasteiger partial charge in [-0.2, -0.15) is 5.26 Å². The number of rotatable bonds is 6. The first-order valence-corrected chi connectivity index (χ1v) is 11.3. The van der Waals surface area contributed by atoms with Crippen molar-refractivity contribution in [2.75, 3.05) is 6.61 Å². The Morgan fingerprint density at radius 1 is 1.15 bits per heavy atom. The van der Waals surface area contributed by atoms with E-state index in [4.69, 9.17) is 31.5 Å². The number of hydrogen-bond donors (Lipinski definition) is 2. The van der Waals surface area contributed by atoms with Crippen molar-refractivity contribution in [3.8, 4) is 29.1 Å². The average molecular weight is 528 g/mol. The molecular weight excluding hydrogens is 508 g/mol. The molecule has 4 rings (SSSR count). The Labute approximate surface area is 204 Å². The van der Waals surface area contributed by atoms with Gasteiger partial charge in [-0.3, -0.25) is 0 Å². The van der Waals surface area contributed by atoms with Crippen molar-refractivity contribution < 1.29 is 19.3 Å². The number of benzene rings is 3. The lowest BCUT2D eigenvalue weighted by Gasteiger charge is -2.27. The number of fused-ring (bicyclic) bond motifs is 1. The van der Waals surface area contributed by atoms with E-state index in [0.717, 1.165) is 11.1 Å². The second kappa shape index (κ2) is 9.65. The number of aromatic hydroxyl groups is 1. The highest BCUT2D eigenvalue weighted by atomic mass is 79.9. The highest BCUT2D eigenvalue weighted by Gasteiger charge is 2.32. The molecule has 0 fully saturated rings. The molecule has 1 heterocycles. The lowest BCUT2D eigenvalue weighted by molar-refractivity contribution is 0.267. The van der Waals surface area contributed by atoms with Crippen molar-refractivity contribution in [2.45, 2.75) is 19.4 Å². The lowest BCUT2D eigenvalue weighted by Crippen LogP contribution is -2.21. The molecule has 0 bridgehead atoms. The van der Waals surface area contributed by atoms with Crippen molar-refractivity contribution in [2.24, 2.45) is 5.73 Å². The highest BCUT2D eigenvalue weighted by Crippen LogP contribution is 2.47. The number of ether oxygens (including phenoxy) is 3. The maximum absolute atomic E-state index is 9.86. The lowest BCUT2D eigenvalue weighted by atomic mass is 9.83. The molecule has 0 spiro atoms. The summed E-state index contributed by atoms with van der Waals surface area (Å²) in [5.41, 5.74) is 8.75. The smallest absolute Gasteiger partial charge is 0.205 e. The Balaban J connectivity index is 1.75. The van der Waals surface area contributed by atoms with Crippen LogP contribution in [0, 0.1) is 11.3 Å². The quantitative estimate of drug-likeness (QED) is 0.408. The SMILES string of the molecule is CCOc1cc([C@@H]2C(C#N)=C(N)Oc3cc(O)ccc32)cc(Br)c1OCc1ccc(Cl)cc1. The van der Waals surface area contributed by atoms with E-state index in [1.807, 2.05) is 43.3 Å². The third-order valence-corrected chi connectivity index (χ3v) is 6.01. The summed E-state index contributed by atoms with van der Waals surface area (Å²) in [5, 5.41) is 20.3. The third-order valence-electron chi connectivity index (χ3n) is 5.16. The number of nitrogens with zero attached hydrogens (tertiary/aromatic N) is 1. The minimum Gasteiger partial charge on any atom is -0.508 e. The predicted molar refractivity (Wildman–Crippen MR) is 128 cm³/mol. The van der Waals surface area contributed by atoms with Crippen molar-refractivity contribution in [1.82, 2.24) is 0 Å². The fraction of sp³-hybridized carbons (Fsp3) is 0.160. The van der Waals surface area contributed by atoms with Gasteiger partial charge in [-0.05, 0) is 64.3 Å². The number of phenols is 1. The van der Waals surface area contributed by atoms with Gasteiger partial charge in [-0.15, -0.1) is 0 Å². The van der Waals surface area contributed by atoms with E-state index in [-0.39, 0.29) is 17.2 Å². The van der Waals surface area contributed by atoms with Crippen LogP contribution in [0.2, 0.25) is 5.02 Å². The number of nitrogens with two attached hydrogens (primary N) is 1. The van der Waals surface area contributed by atoms with Crippen molar-refractivity contribution in [1.29, 1.82) is 5.26 Å². The first kappa shape index (κ1) is 22.8. The number of hydrogen-bond acceptors (Lipinski definition) is 6. The standard InChI is InChI=1S/C25H20BrClN2O4/c1-2-31-22-10-15(9-20(26)24(22)32-13-14-3-5-16(27)6-4-14)23-18-8-7-17(30)11-21(18)33-25(29)19(23)12-28/h3-11,23,30H,2,13,29H2,1H3/t23-/m0/s1. The molecule has 168 valence electrons. The number of phenolic OH excluding ortho intramolecular Hbond substituents is 1. The molecule has 0 amide bonds. The Morgan fingerprint density at radius 2 is 1.91 bits per heavy atom. The Bertz CT molecular complexity index is 1270. The largest absolute Gasteiger partial charge is 0.508 e. The van der Waals surface area contributed by atoms with Crippen molar-refractivity contribution >= 4 is 27.5 Å². The molecule has 1 aliphatic rings. The summed E-state index contributed by atoms with van der Waals surface area (Å²) in [6.45, 7) is 2.63. The second-order valence-corrected chi connectivity index (χ2v) is 8.62. The zero-order chi connectivity index (χ0) is 23.5. The van der Waals surface area contributed by atoms with Crippen LogP contribution < -0.4 is 19.9 Å². The van der Waals surface area contributed by atoms with Crippen LogP contribution in [0.3, 0.4) is 0 Å². The van der Waals surface area contributed by atoms with Crippen LogP contribution in [0.5, 0.6) is 23.0 Å². The van der Waals surface area contributed by atoms with Crippen molar-refractivity contribution in [3.63, 3.8) is 0 Å². The molecule has 33 heavy (non-hydrogen) atoms. The average Bonchev–Trinajstić information content (AvgIpc) is 2.78. The normalized spacial score (nSPS) is 14.8. The van der Waals surface area contributed by atoms with Gasteiger partial charge in [0.15, 0.2) is 11.5 Å². The fourth-order valence-corrected chi connectivity index (χ4v) is 4.38. The molecule has 0 aromatic heterocycles. The molecule has 0 saturated carbocycles. The molecule has 0 radical (unpaired) electrons. The Hall–Kier alpha value is -3.34. The molecule has 1 atom stereocenters. The number of halogens is 2.